The Kier molecular flexibility index (Phi) is 11.1. The zero-order valence-electron chi connectivity index (χ0n) is 36.6. The van der Waals surface area contributed by atoms with Crippen molar-refractivity contribution in [3.05, 3.63) is 172 Å². The van der Waals surface area contributed by atoms with E-state index in [1.807, 2.05) is 0 Å². The van der Waals surface area contributed by atoms with Crippen molar-refractivity contribution in [3.8, 4) is 33.4 Å². The van der Waals surface area contributed by atoms with E-state index in [-0.39, 0.29) is 19.1 Å². The Morgan fingerprint density at radius 2 is 0.950 bits per heavy atom. The molecule has 1 aliphatic heterocycles. The van der Waals surface area contributed by atoms with Gasteiger partial charge in [0.15, 0.2) is 0 Å². The van der Waals surface area contributed by atoms with Crippen molar-refractivity contribution >= 4 is 52.3 Å². The van der Waals surface area contributed by atoms with Gasteiger partial charge in [0.1, 0.15) is 0 Å². The average Bonchev–Trinajstić information content (AvgIpc) is 3.94. The molecule has 0 fully saturated rings. The van der Waals surface area contributed by atoms with Gasteiger partial charge < -0.3 is 0 Å². The predicted molar refractivity (Wildman–Crippen MR) is 263 cm³/mol. The molecule has 1 heterocycles. The number of rotatable bonds is 11. The van der Waals surface area contributed by atoms with Crippen molar-refractivity contribution in [1.29, 1.82) is 0 Å². The summed E-state index contributed by atoms with van der Waals surface area (Å²) in [6.07, 6.45) is 7.14. The molecule has 6 aromatic carbocycles. The van der Waals surface area contributed by atoms with Crippen LogP contribution in [-0.2, 0) is 29.2 Å². The van der Waals surface area contributed by atoms with Crippen molar-refractivity contribution in [2.45, 2.75) is 75.5 Å². The first-order chi connectivity index (χ1) is 28.8. The third-order valence-corrected chi connectivity index (χ3v) is 36.4. The molecule has 0 radical (unpaired) electrons. The summed E-state index contributed by atoms with van der Waals surface area (Å²) in [6, 6.07) is 48.1. The Bertz CT molecular complexity index is 2550. The molecular weight excluding hydrogens is 863 g/mol. The van der Waals surface area contributed by atoms with Crippen LogP contribution in [0.5, 0.6) is 0 Å². The standard InChI is InChI=1S/2C22H25.C12H9Si.2ClH.Zr/c2*1-15(2)12-19-11-10-18-13-20(16(3)4)14-21(18)22(19)17-8-6-5-7-9-17;1-3-7-11-9(5-1)10-6-2-4-8-12(10)13-11;;;/h2*5-11,13-16H,12H2,1-4H3;1-7H,13H2;2*1H;/q;;;;;+2/p-2. The number of benzene rings is 6. The SMILES string of the molecule is CC(C)Cc1ccc2c(c1-c1ccccc1)C=C(C(C)C)[CH]2[Zr]([Cl])([Cl])([c]1cccc2c1[SiH2]c1ccccc1-2)[CH]1C(C(C)C)=Cc2c1ccc(CC(C)C)c2-c1ccccc1. The van der Waals surface area contributed by atoms with Crippen LogP contribution < -0.4 is 13.6 Å². The Morgan fingerprint density at radius 1 is 0.500 bits per heavy atom. The molecule has 60 heavy (non-hydrogen) atoms. The van der Waals surface area contributed by atoms with Gasteiger partial charge in [-0.05, 0) is 0 Å². The second-order valence-corrected chi connectivity index (χ2v) is 41.8. The summed E-state index contributed by atoms with van der Waals surface area (Å²) in [5.41, 5.74) is 18.9. The second kappa shape index (κ2) is 16.0. The molecule has 0 nitrogen and oxygen atoms in total. The van der Waals surface area contributed by atoms with Crippen LogP contribution in [0.3, 0.4) is 0 Å². The van der Waals surface area contributed by atoms with Crippen LogP contribution in [0.2, 0.25) is 0 Å². The molecule has 0 amide bonds. The van der Waals surface area contributed by atoms with Crippen LogP contribution in [0, 0.1) is 23.7 Å². The van der Waals surface area contributed by atoms with Crippen molar-refractivity contribution in [2.24, 2.45) is 23.7 Å². The zero-order chi connectivity index (χ0) is 42.1. The van der Waals surface area contributed by atoms with E-state index in [9.17, 15) is 17.0 Å². The Balaban J connectivity index is 1.40. The zero-order valence-corrected chi connectivity index (χ0v) is 42.0. The molecule has 2 unspecified atom stereocenters. The van der Waals surface area contributed by atoms with Crippen molar-refractivity contribution in [3.63, 3.8) is 0 Å². The molecule has 0 saturated heterocycles. The summed E-state index contributed by atoms with van der Waals surface area (Å²) >= 11 is -5.70. The molecule has 0 saturated carbocycles. The number of hydrogen-bond acceptors (Lipinski definition) is 0. The average molecular weight is 922 g/mol. The summed E-state index contributed by atoms with van der Waals surface area (Å²) in [4.78, 5) is 0. The Labute approximate surface area is 370 Å². The Hall–Kier alpha value is -3.52. The van der Waals surface area contributed by atoms with Gasteiger partial charge in [-0.3, -0.25) is 0 Å². The van der Waals surface area contributed by atoms with Gasteiger partial charge in [-0.15, -0.1) is 0 Å². The van der Waals surface area contributed by atoms with E-state index in [1.54, 1.807) is 0 Å². The van der Waals surface area contributed by atoms with Crippen LogP contribution in [0.1, 0.15) is 96.0 Å². The fourth-order valence-electron chi connectivity index (χ4n) is 11.4. The topological polar surface area (TPSA) is 0 Å². The molecule has 3 aliphatic rings. The van der Waals surface area contributed by atoms with Crippen molar-refractivity contribution in [2.75, 3.05) is 0 Å². The van der Waals surface area contributed by atoms with Crippen molar-refractivity contribution < 1.29 is 16.4 Å². The molecule has 2 aliphatic carbocycles. The van der Waals surface area contributed by atoms with Crippen molar-refractivity contribution in [1.82, 2.24) is 0 Å². The molecule has 0 aromatic heterocycles. The molecule has 2 atom stereocenters. The first kappa shape index (κ1) is 41.8. The molecule has 0 spiro atoms. The van der Waals surface area contributed by atoms with Gasteiger partial charge >= 0.3 is 373 Å². The molecule has 4 heteroatoms. The molecule has 0 bridgehead atoms. The van der Waals surface area contributed by atoms with Crippen LogP contribution in [0.4, 0.5) is 0 Å². The molecule has 6 aromatic rings. The van der Waals surface area contributed by atoms with Crippen LogP contribution in [-0.4, -0.2) is 9.52 Å². The van der Waals surface area contributed by atoms with E-state index in [1.165, 1.54) is 91.6 Å². The molecular formula is C56H59Cl2SiZr. The minimum absolute atomic E-state index is 0.113. The van der Waals surface area contributed by atoms with Gasteiger partial charge in [-0.25, -0.2) is 0 Å². The molecule has 0 N–H and O–H groups in total. The van der Waals surface area contributed by atoms with Gasteiger partial charge in [0.05, 0.1) is 0 Å². The third kappa shape index (κ3) is 6.79. The van der Waals surface area contributed by atoms with E-state index >= 15 is 0 Å². The quantitative estimate of drug-likeness (QED) is 0.113. The minimum atomic E-state index is -5.70. The van der Waals surface area contributed by atoms with Crippen LogP contribution >= 0.6 is 17.0 Å². The van der Waals surface area contributed by atoms with E-state index in [2.05, 4.69) is 195 Å². The third-order valence-electron chi connectivity index (χ3n) is 13.8. The second-order valence-electron chi connectivity index (χ2n) is 19.4. The summed E-state index contributed by atoms with van der Waals surface area (Å²) in [5, 5.41) is 2.97. The normalized spacial score (nSPS) is 17.8. The van der Waals surface area contributed by atoms with Crippen LogP contribution in [0.25, 0.3) is 45.5 Å². The van der Waals surface area contributed by atoms with E-state index in [0.29, 0.717) is 11.8 Å². The number of allylic oxidation sites excluding steroid dienone is 2. The predicted octanol–water partition coefficient (Wildman–Crippen LogP) is 13.7. The maximum atomic E-state index is 9.45. The molecule has 9 rings (SSSR count). The van der Waals surface area contributed by atoms with Gasteiger partial charge in [0.25, 0.3) is 0 Å². The maximum absolute atomic E-state index is 9.45. The van der Waals surface area contributed by atoms with E-state index in [0.717, 1.165) is 12.8 Å². The van der Waals surface area contributed by atoms with E-state index in [4.69, 9.17) is 0 Å². The number of hydrogen-bond donors (Lipinski definition) is 0. The number of fused-ring (bicyclic) bond motifs is 5. The molecule has 305 valence electrons. The number of halogens is 2. The first-order valence-corrected chi connectivity index (χ1v) is 34.2. The van der Waals surface area contributed by atoms with Gasteiger partial charge in [-0.1, -0.05) is 0 Å². The van der Waals surface area contributed by atoms with Gasteiger partial charge in [0, 0.05) is 0 Å². The fraction of sp³-hybridized carbons (Fsp3) is 0.286. The van der Waals surface area contributed by atoms with Gasteiger partial charge in [0.2, 0.25) is 0 Å². The first-order valence-electron chi connectivity index (χ1n) is 22.4. The fourth-order valence-corrected chi connectivity index (χ4v) is 39.6. The summed E-state index contributed by atoms with van der Waals surface area (Å²) < 4.78 is 1.07. The summed E-state index contributed by atoms with van der Waals surface area (Å²) in [7, 11) is 18.0. The van der Waals surface area contributed by atoms with Gasteiger partial charge in [-0.2, -0.15) is 0 Å². The summed E-state index contributed by atoms with van der Waals surface area (Å²) in [6.45, 7) is 18.8. The Morgan fingerprint density at radius 3 is 1.42 bits per heavy atom. The summed E-state index contributed by atoms with van der Waals surface area (Å²) in [5.74, 6) is 1.54. The van der Waals surface area contributed by atoms with Crippen LogP contribution in [0.15, 0.2) is 139 Å². The van der Waals surface area contributed by atoms with E-state index < -0.39 is 25.9 Å². The monoisotopic (exact) mass is 919 g/mol.